The molecule has 0 aliphatic carbocycles. The van der Waals surface area contributed by atoms with Crippen molar-refractivity contribution >= 4 is 23.5 Å². The zero-order valence-electron chi connectivity index (χ0n) is 25.1. The molecule has 1 atom stereocenters. The second-order valence-corrected chi connectivity index (χ2v) is 11.8. The highest BCUT2D eigenvalue weighted by Gasteiger charge is 2.14. The highest BCUT2D eigenvalue weighted by atomic mass is 35.5. The average molecular weight is 571 g/mol. The van der Waals surface area contributed by atoms with Gasteiger partial charge in [0.25, 0.3) is 0 Å². The van der Waals surface area contributed by atoms with E-state index in [0.717, 1.165) is 24.0 Å². The molecule has 0 heterocycles. The lowest BCUT2D eigenvalue weighted by atomic mass is 10.0. The number of alkyl halides is 1. The van der Waals surface area contributed by atoms with Gasteiger partial charge in [0, 0.05) is 6.42 Å². The smallest absolute Gasteiger partial charge is 0.338 e. The van der Waals surface area contributed by atoms with Gasteiger partial charge >= 0.3 is 11.9 Å². The van der Waals surface area contributed by atoms with Crippen LogP contribution in [0.25, 0.3) is 11.1 Å². The van der Waals surface area contributed by atoms with E-state index in [1.165, 1.54) is 77.0 Å². The second-order valence-electron chi connectivity index (χ2n) is 11.3. The number of unbranched alkanes of at least 4 members (excludes halogenated alkanes) is 13. The van der Waals surface area contributed by atoms with Gasteiger partial charge in [0.05, 0.1) is 10.9 Å². The summed E-state index contributed by atoms with van der Waals surface area (Å²) >= 11 is 6.16. The molecule has 2 rings (SSSR count). The zero-order chi connectivity index (χ0) is 29.0. The van der Waals surface area contributed by atoms with E-state index in [9.17, 15) is 9.59 Å². The molecule has 0 bridgehead atoms. The minimum Gasteiger partial charge on any atom is -0.461 e. The van der Waals surface area contributed by atoms with E-state index < -0.39 is 0 Å². The zero-order valence-corrected chi connectivity index (χ0v) is 25.9. The van der Waals surface area contributed by atoms with Gasteiger partial charge in [-0.05, 0) is 47.7 Å². The quantitative estimate of drug-likeness (QED) is 0.0648. The summed E-state index contributed by atoms with van der Waals surface area (Å²) in [7, 11) is 0. The minimum absolute atomic E-state index is 0.175. The standard InChI is InChI=1S/C35H51ClO4/c1-4-5-6-7-8-9-10-11-12-13-14-15-16-17-18-34(37)40-32-25-23-30(24-26-32)29-19-21-31(22-20-29)35(38)39-27-33(36)28(2)3/h19-26,28,33H,4-18,27H2,1-3H3. The van der Waals surface area contributed by atoms with E-state index in [1.807, 2.05) is 50.2 Å². The van der Waals surface area contributed by atoms with Crippen LogP contribution < -0.4 is 4.74 Å². The van der Waals surface area contributed by atoms with Gasteiger partial charge in [0.15, 0.2) is 0 Å². The van der Waals surface area contributed by atoms with Crippen LogP contribution in [0.1, 0.15) is 127 Å². The first-order valence-electron chi connectivity index (χ1n) is 15.6. The maximum absolute atomic E-state index is 12.3. The predicted molar refractivity (Wildman–Crippen MR) is 167 cm³/mol. The number of carbonyl (C=O) groups is 2. The van der Waals surface area contributed by atoms with E-state index in [1.54, 1.807) is 12.1 Å². The lowest BCUT2D eigenvalue weighted by molar-refractivity contribution is -0.134. The maximum atomic E-state index is 12.3. The minimum atomic E-state index is -0.376. The normalized spacial score (nSPS) is 11.9. The molecule has 1 unspecified atom stereocenters. The summed E-state index contributed by atoms with van der Waals surface area (Å²) in [4.78, 5) is 24.5. The van der Waals surface area contributed by atoms with Crippen LogP contribution in [0.15, 0.2) is 48.5 Å². The first kappa shape index (κ1) is 33.9. The fourth-order valence-electron chi connectivity index (χ4n) is 4.59. The number of hydrogen-bond donors (Lipinski definition) is 0. The number of rotatable bonds is 21. The van der Waals surface area contributed by atoms with Crippen LogP contribution in [0.2, 0.25) is 0 Å². The molecular formula is C35H51ClO4. The number of ether oxygens (including phenoxy) is 2. The second kappa shape index (κ2) is 20.5. The number of hydrogen-bond acceptors (Lipinski definition) is 4. The van der Waals surface area contributed by atoms with Crippen molar-refractivity contribution in [1.29, 1.82) is 0 Å². The van der Waals surface area contributed by atoms with Gasteiger partial charge in [0.2, 0.25) is 0 Å². The number of benzene rings is 2. The SMILES string of the molecule is CCCCCCCCCCCCCCCCC(=O)Oc1ccc(-c2ccc(C(=O)OCC(Cl)C(C)C)cc2)cc1. The molecule has 40 heavy (non-hydrogen) atoms. The predicted octanol–water partition coefficient (Wildman–Crippen LogP) is 10.6. The first-order chi connectivity index (χ1) is 19.4. The van der Waals surface area contributed by atoms with E-state index in [4.69, 9.17) is 21.1 Å². The molecular weight excluding hydrogens is 520 g/mol. The summed E-state index contributed by atoms with van der Waals surface area (Å²) in [5, 5.41) is -0.199. The van der Waals surface area contributed by atoms with Crippen LogP contribution in [-0.2, 0) is 9.53 Å². The molecule has 2 aromatic carbocycles. The molecule has 0 amide bonds. The van der Waals surface area contributed by atoms with Crippen molar-refractivity contribution in [2.75, 3.05) is 6.61 Å². The summed E-state index contributed by atoms with van der Waals surface area (Å²) in [6.07, 6.45) is 18.6. The van der Waals surface area contributed by atoms with Gasteiger partial charge in [-0.1, -0.05) is 129 Å². The van der Waals surface area contributed by atoms with Gasteiger partial charge in [-0.15, -0.1) is 11.6 Å². The van der Waals surface area contributed by atoms with Crippen LogP contribution in [0.3, 0.4) is 0 Å². The molecule has 0 aliphatic heterocycles. The summed E-state index contributed by atoms with van der Waals surface area (Å²) in [6, 6.07) is 14.7. The van der Waals surface area contributed by atoms with E-state index in [-0.39, 0.29) is 29.8 Å². The van der Waals surface area contributed by atoms with Crippen molar-refractivity contribution in [2.24, 2.45) is 5.92 Å². The molecule has 0 saturated carbocycles. The molecule has 0 aromatic heterocycles. The Morgan fingerprint density at radius 3 is 1.60 bits per heavy atom. The topological polar surface area (TPSA) is 52.6 Å². The molecule has 0 fully saturated rings. The first-order valence-corrected chi connectivity index (χ1v) is 16.1. The Bertz CT molecular complexity index is 952. The summed E-state index contributed by atoms with van der Waals surface area (Å²) in [6.45, 7) is 6.45. The summed E-state index contributed by atoms with van der Waals surface area (Å²) in [5.41, 5.74) is 2.44. The molecule has 0 aliphatic rings. The van der Waals surface area contributed by atoms with Gasteiger partial charge in [-0.2, -0.15) is 0 Å². The molecule has 0 N–H and O–H groups in total. The number of esters is 2. The van der Waals surface area contributed by atoms with Crippen molar-refractivity contribution < 1.29 is 19.1 Å². The van der Waals surface area contributed by atoms with Crippen molar-refractivity contribution in [1.82, 2.24) is 0 Å². The van der Waals surface area contributed by atoms with Crippen LogP contribution in [0, 0.1) is 5.92 Å². The monoisotopic (exact) mass is 570 g/mol. The van der Waals surface area contributed by atoms with Crippen LogP contribution in [-0.4, -0.2) is 23.9 Å². The Kier molecular flexibility index (Phi) is 17.4. The Labute approximate surface area is 248 Å². The highest BCUT2D eigenvalue weighted by Crippen LogP contribution is 2.24. The van der Waals surface area contributed by atoms with Gasteiger partial charge < -0.3 is 9.47 Å². The third kappa shape index (κ3) is 14.3. The van der Waals surface area contributed by atoms with Crippen LogP contribution >= 0.6 is 11.6 Å². The molecule has 222 valence electrons. The molecule has 0 spiro atoms. The molecule has 5 heteroatoms. The Balaban J connectivity index is 1.57. The Morgan fingerprint density at radius 2 is 1.12 bits per heavy atom. The lowest BCUT2D eigenvalue weighted by Crippen LogP contribution is -2.18. The maximum Gasteiger partial charge on any atom is 0.338 e. The fraction of sp³-hybridized carbons (Fsp3) is 0.600. The number of carbonyl (C=O) groups excluding carboxylic acids is 2. The summed E-state index contributed by atoms with van der Waals surface area (Å²) < 4.78 is 10.8. The molecule has 0 saturated heterocycles. The number of halogens is 1. The van der Waals surface area contributed by atoms with Gasteiger partial charge in [-0.3, -0.25) is 4.79 Å². The van der Waals surface area contributed by atoms with Crippen molar-refractivity contribution in [2.45, 2.75) is 122 Å². The third-order valence-corrected chi connectivity index (χ3v) is 8.00. The Hall–Kier alpha value is -2.33. The van der Waals surface area contributed by atoms with Crippen LogP contribution in [0.4, 0.5) is 0 Å². The van der Waals surface area contributed by atoms with E-state index in [2.05, 4.69) is 6.92 Å². The highest BCUT2D eigenvalue weighted by molar-refractivity contribution is 6.21. The van der Waals surface area contributed by atoms with Crippen molar-refractivity contribution in [3.8, 4) is 16.9 Å². The van der Waals surface area contributed by atoms with Crippen molar-refractivity contribution in [3.05, 3.63) is 54.1 Å². The largest absolute Gasteiger partial charge is 0.461 e. The molecule has 2 aromatic rings. The lowest BCUT2D eigenvalue weighted by Gasteiger charge is -2.13. The van der Waals surface area contributed by atoms with Crippen molar-refractivity contribution in [3.63, 3.8) is 0 Å². The molecule has 4 nitrogen and oxygen atoms in total. The van der Waals surface area contributed by atoms with Gasteiger partial charge in [-0.25, -0.2) is 4.79 Å². The molecule has 0 radical (unpaired) electrons. The van der Waals surface area contributed by atoms with E-state index >= 15 is 0 Å². The third-order valence-electron chi connectivity index (χ3n) is 7.37. The Morgan fingerprint density at radius 1 is 0.675 bits per heavy atom. The summed E-state index contributed by atoms with van der Waals surface area (Å²) in [5.74, 6) is 0.244. The van der Waals surface area contributed by atoms with Gasteiger partial charge in [0.1, 0.15) is 12.4 Å². The fourth-order valence-corrected chi connectivity index (χ4v) is 4.65. The van der Waals surface area contributed by atoms with E-state index in [0.29, 0.717) is 17.7 Å². The van der Waals surface area contributed by atoms with Crippen LogP contribution in [0.5, 0.6) is 5.75 Å². The average Bonchev–Trinajstić information content (AvgIpc) is 2.96.